The zero-order valence-corrected chi connectivity index (χ0v) is 11.0. The molecule has 0 amide bonds. The van der Waals surface area contributed by atoms with Gasteiger partial charge < -0.3 is 0 Å². The van der Waals surface area contributed by atoms with Gasteiger partial charge in [0, 0.05) is 5.57 Å². The summed E-state index contributed by atoms with van der Waals surface area (Å²) in [6.07, 6.45) is 2.06. The summed E-state index contributed by atoms with van der Waals surface area (Å²) in [7, 11) is 0. The smallest absolute Gasteiger partial charge is 0.185 e. The van der Waals surface area contributed by atoms with E-state index in [1.54, 1.807) is 0 Å². The quantitative estimate of drug-likeness (QED) is 0.587. The Hall–Kier alpha value is -0.850. The summed E-state index contributed by atoms with van der Waals surface area (Å²) in [5.74, 6) is 0.229. The second-order valence-electron chi connectivity index (χ2n) is 6.45. The highest BCUT2D eigenvalue weighted by atomic mass is 16.1. The lowest BCUT2D eigenvalue weighted by molar-refractivity contribution is -0.112. The molecular weight excluding hydrogens is 184 g/mol. The molecule has 1 aliphatic carbocycles. The van der Waals surface area contributed by atoms with Gasteiger partial charge in [0.2, 0.25) is 0 Å². The fourth-order valence-electron chi connectivity index (χ4n) is 2.01. The summed E-state index contributed by atoms with van der Waals surface area (Å²) in [5.41, 5.74) is 3.07. The van der Waals surface area contributed by atoms with Crippen molar-refractivity contribution in [3.8, 4) is 0 Å². The zero-order valence-electron chi connectivity index (χ0n) is 11.0. The molecule has 0 aliphatic heterocycles. The minimum absolute atomic E-state index is 0.0516. The Labute approximate surface area is 93.3 Å². The standard InChI is InChI=1S/C14H22O/c1-9-8-10(13(2,3)4)11(12(9)15)14(5,6)7/h8H,1-7H3. The number of hydrogen-bond donors (Lipinski definition) is 0. The van der Waals surface area contributed by atoms with Gasteiger partial charge in [-0.05, 0) is 28.9 Å². The third-order valence-electron chi connectivity index (χ3n) is 2.77. The number of Topliss-reactive ketones (excluding diaryl/α,β-unsaturated/α-hetero) is 1. The Morgan fingerprint density at radius 3 is 1.67 bits per heavy atom. The van der Waals surface area contributed by atoms with E-state index in [4.69, 9.17) is 0 Å². The molecule has 0 aromatic carbocycles. The summed E-state index contributed by atoms with van der Waals surface area (Å²) in [5, 5.41) is 0. The third kappa shape index (κ3) is 2.22. The lowest BCUT2D eigenvalue weighted by Crippen LogP contribution is -2.21. The molecule has 0 atom stereocenters. The van der Waals surface area contributed by atoms with Crippen LogP contribution in [0.25, 0.3) is 0 Å². The first-order valence-corrected chi connectivity index (χ1v) is 5.53. The number of carbonyl (C=O) groups excluding carboxylic acids is 1. The molecule has 0 bridgehead atoms. The largest absolute Gasteiger partial charge is 0.289 e. The van der Waals surface area contributed by atoms with Gasteiger partial charge in [-0.1, -0.05) is 47.6 Å². The molecule has 0 N–H and O–H groups in total. The van der Waals surface area contributed by atoms with Crippen molar-refractivity contribution >= 4 is 5.78 Å². The monoisotopic (exact) mass is 206 g/mol. The third-order valence-corrected chi connectivity index (χ3v) is 2.77. The molecule has 15 heavy (non-hydrogen) atoms. The number of rotatable bonds is 0. The van der Waals surface area contributed by atoms with Crippen LogP contribution < -0.4 is 0 Å². The summed E-state index contributed by atoms with van der Waals surface area (Å²) >= 11 is 0. The van der Waals surface area contributed by atoms with Gasteiger partial charge >= 0.3 is 0 Å². The zero-order chi connectivity index (χ0) is 12.0. The first kappa shape index (κ1) is 12.2. The maximum Gasteiger partial charge on any atom is 0.185 e. The Bertz CT molecular complexity index is 354. The van der Waals surface area contributed by atoms with Crippen LogP contribution >= 0.6 is 0 Å². The molecule has 0 fully saturated rings. The van der Waals surface area contributed by atoms with Crippen molar-refractivity contribution in [3.63, 3.8) is 0 Å². The molecule has 0 heterocycles. The van der Waals surface area contributed by atoms with Crippen molar-refractivity contribution in [2.45, 2.75) is 48.5 Å². The Kier molecular flexibility index (Phi) is 2.71. The molecule has 0 radical (unpaired) electrons. The van der Waals surface area contributed by atoms with Gasteiger partial charge in [0.05, 0.1) is 0 Å². The van der Waals surface area contributed by atoms with Crippen LogP contribution in [0.15, 0.2) is 22.8 Å². The second kappa shape index (κ2) is 3.33. The summed E-state index contributed by atoms with van der Waals surface area (Å²) in [6, 6.07) is 0. The van der Waals surface area contributed by atoms with Crippen molar-refractivity contribution in [3.05, 3.63) is 22.8 Å². The lowest BCUT2D eigenvalue weighted by Gasteiger charge is -2.27. The van der Waals surface area contributed by atoms with Crippen molar-refractivity contribution in [1.82, 2.24) is 0 Å². The predicted molar refractivity (Wildman–Crippen MR) is 64.7 cm³/mol. The van der Waals surface area contributed by atoms with E-state index in [9.17, 15) is 4.79 Å². The van der Waals surface area contributed by atoms with Gasteiger partial charge in [0.25, 0.3) is 0 Å². The molecule has 1 rings (SSSR count). The number of carbonyl (C=O) groups is 1. The highest BCUT2D eigenvalue weighted by molar-refractivity contribution is 6.12. The highest BCUT2D eigenvalue weighted by Gasteiger charge is 2.35. The topological polar surface area (TPSA) is 17.1 Å². The van der Waals surface area contributed by atoms with Gasteiger partial charge in [0.15, 0.2) is 5.78 Å². The van der Waals surface area contributed by atoms with Crippen LogP contribution in [0, 0.1) is 10.8 Å². The number of ketones is 1. The molecule has 84 valence electrons. The molecule has 0 unspecified atom stereocenters. The second-order valence-corrected chi connectivity index (χ2v) is 6.45. The molecular formula is C14H22O. The number of hydrogen-bond acceptors (Lipinski definition) is 1. The Balaban J connectivity index is 3.37. The maximum atomic E-state index is 12.1. The van der Waals surface area contributed by atoms with E-state index in [1.165, 1.54) is 5.57 Å². The average molecular weight is 206 g/mol. The lowest BCUT2D eigenvalue weighted by atomic mass is 9.76. The Morgan fingerprint density at radius 2 is 1.40 bits per heavy atom. The van der Waals surface area contributed by atoms with Crippen LogP contribution in [0.1, 0.15) is 48.5 Å². The van der Waals surface area contributed by atoms with E-state index < -0.39 is 0 Å². The van der Waals surface area contributed by atoms with Crippen LogP contribution in [-0.2, 0) is 4.79 Å². The van der Waals surface area contributed by atoms with Gasteiger partial charge in [-0.25, -0.2) is 0 Å². The molecule has 0 aromatic heterocycles. The fraction of sp³-hybridized carbons (Fsp3) is 0.643. The van der Waals surface area contributed by atoms with Gasteiger partial charge in [-0.3, -0.25) is 4.79 Å². The van der Waals surface area contributed by atoms with Crippen LogP contribution in [0.3, 0.4) is 0 Å². The van der Waals surface area contributed by atoms with E-state index in [-0.39, 0.29) is 16.6 Å². The van der Waals surface area contributed by atoms with Crippen LogP contribution in [0.2, 0.25) is 0 Å². The fourth-order valence-corrected chi connectivity index (χ4v) is 2.01. The molecule has 0 aromatic rings. The molecule has 1 nitrogen and oxygen atoms in total. The van der Waals surface area contributed by atoms with E-state index in [0.717, 1.165) is 11.1 Å². The molecule has 0 saturated heterocycles. The van der Waals surface area contributed by atoms with E-state index >= 15 is 0 Å². The van der Waals surface area contributed by atoms with Crippen LogP contribution in [0.5, 0.6) is 0 Å². The summed E-state index contributed by atoms with van der Waals surface area (Å²) in [6.45, 7) is 14.7. The molecule has 0 saturated carbocycles. The van der Waals surface area contributed by atoms with E-state index in [0.29, 0.717) is 0 Å². The van der Waals surface area contributed by atoms with Crippen LogP contribution in [0.4, 0.5) is 0 Å². The summed E-state index contributed by atoms with van der Waals surface area (Å²) < 4.78 is 0. The summed E-state index contributed by atoms with van der Waals surface area (Å²) in [4.78, 5) is 12.1. The first-order chi connectivity index (χ1) is 6.55. The predicted octanol–water partition coefficient (Wildman–Crippen LogP) is 3.90. The van der Waals surface area contributed by atoms with Crippen molar-refractivity contribution in [1.29, 1.82) is 0 Å². The normalized spacial score (nSPS) is 18.6. The van der Waals surface area contributed by atoms with Crippen molar-refractivity contribution in [2.24, 2.45) is 10.8 Å². The number of allylic oxidation sites excluding steroid dienone is 4. The highest BCUT2D eigenvalue weighted by Crippen LogP contribution is 2.42. The SMILES string of the molecule is CC1=CC(C(C)(C)C)=C(C(C)(C)C)C1=O. The first-order valence-electron chi connectivity index (χ1n) is 5.53. The Morgan fingerprint density at radius 1 is 0.933 bits per heavy atom. The van der Waals surface area contributed by atoms with E-state index in [2.05, 4.69) is 47.6 Å². The average Bonchev–Trinajstić information content (AvgIpc) is 2.25. The minimum Gasteiger partial charge on any atom is -0.289 e. The molecule has 1 aliphatic rings. The van der Waals surface area contributed by atoms with Crippen molar-refractivity contribution < 1.29 is 4.79 Å². The molecule has 1 heteroatoms. The van der Waals surface area contributed by atoms with E-state index in [1.807, 2.05) is 6.92 Å². The van der Waals surface area contributed by atoms with Crippen LogP contribution in [-0.4, -0.2) is 5.78 Å². The van der Waals surface area contributed by atoms with Gasteiger partial charge in [-0.15, -0.1) is 0 Å². The minimum atomic E-state index is -0.0616. The molecule has 0 spiro atoms. The van der Waals surface area contributed by atoms with Gasteiger partial charge in [-0.2, -0.15) is 0 Å². The van der Waals surface area contributed by atoms with Gasteiger partial charge in [0.1, 0.15) is 0 Å². The maximum absolute atomic E-state index is 12.1. The van der Waals surface area contributed by atoms with Crippen molar-refractivity contribution in [2.75, 3.05) is 0 Å².